The highest BCUT2D eigenvalue weighted by Gasteiger charge is 2.13. The van der Waals surface area contributed by atoms with Gasteiger partial charge in [0, 0.05) is 11.6 Å². The lowest BCUT2D eigenvalue weighted by molar-refractivity contribution is 0.0843. The molecule has 22 heavy (non-hydrogen) atoms. The van der Waals surface area contributed by atoms with Gasteiger partial charge in [-0.25, -0.2) is 0 Å². The van der Waals surface area contributed by atoms with Crippen LogP contribution in [0.15, 0.2) is 60.8 Å². The summed E-state index contributed by atoms with van der Waals surface area (Å²) in [6.45, 7) is 0.563. The summed E-state index contributed by atoms with van der Waals surface area (Å²) in [6, 6.07) is 17.2. The summed E-state index contributed by atoms with van der Waals surface area (Å²) in [4.78, 5) is 12.5. The van der Waals surface area contributed by atoms with Gasteiger partial charge in [-0.2, -0.15) is 0 Å². The van der Waals surface area contributed by atoms with Crippen molar-refractivity contribution < 1.29 is 9.53 Å². The van der Waals surface area contributed by atoms with Crippen LogP contribution in [-0.4, -0.2) is 23.6 Å². The lowest BCUT2D eigenvalue weighted by atomic mass is 10.1. The van der Waals surface area contributed by atoms with Gasteiger partial charge >= 0.3 is 0 Å². The first-order chi connectivity index (χ1) is 10.8. The zero-order valence-electron chi connectivity index (χ0n) is 12.2. The lowest BCUT2D eigenvalue weighted by Crippen LogP contribution is -2.18. The van der Waals surface area contributed by atoms with E-state index in [-0.39, 0.29) is 12.5 Å². The molecule has 0 atom stereocenters. The molecule has 3 rings (SSSR count). The topological polar surface area (TPSA) is 57.2 Å². The van der Waals surface area contributed by atoms with E-state index in [1.165, 1.54) is 0 Å². The molecule has 0 aliphatic carbocycles. The number of benzene rings is 2. The number of nitrogens with zero attached hydrogens (tertiary/aromatic N) is 1. The fraction of sp³-hybridized carbons (Fsp3) is 0.167. The Morgan fingerprint density at radius 2 is 1.77 bits per heavy atom. The van der Waals surface area contributed by atoms with Gasteiger partial charge in [0.05, 0.1) is 5.52 Å². The maximum Gasteiger partial charge on any atom is 0.268 e. The van der Waals surface area contributed by atoms with E-state index >= 15 is 0 Å². The summed E-state index contributed by atoms with van der Waals surface area (Å²) in [6.07, 6.45) is 2.62. The van der Waals surface area contributed by atoms with E-state index < -0.39 is 0 Å². The van der Waals surface area contributed by atoms with Crippen molar-refractivity contribution in [2.45, 2.75) is 6.42 Å². The van der Waals surface area contributed by atoms with Gasteiger partial charge in [0.2, 0.25) is 0 Å². The van der Waals surface area contributed by atoms with E-state index in [1.807, 2.05) is 60.8 Å². The molecule has 0 bridgehead atoms. The first-order valence-electron chi connectivity index (χ1n) is 7.29. The molecule has 4 nitrogen and oxygen atoms in total. The highest BCUT2D eigenvalue weighted by atomic mass is 16.5. The van der Waals surface area contributed by atoms with Crippen LogP contribution in [0.5, 0.6) is 5.75 Å². The van der Waals surface area contributed by atoms with Crippen LogP contribution in [0.2, 0.25) is 0 Å². The molecular weight excluding hydrogens is 276 g/mol. The number of carbonyl (C=O) groups excluding carboxylic acids is 1. The van der Waals surface area contributed by atoms with E-state index in [0.717, 1.165) is 22.9 Å². The van der Waals surface area contributed by atoms with Crippen LogP contribution in [0.1, 0.15) is 10.4 Å². The highest BCUT2D eigenvalue weighted by Crippen LogP contribution is 2.21. The quantitative estimate of drug-likeness (QED) is 0.787. The molecule has 2 aromatic carbocycles. The van der Waals surface area contributed by atoms with Crippen molar-refractivity contribution in [3.8, 4) is 5.75 Å². The van der Waals surface area contributed by atoms with Crippen molar-refractivity contribution >= 4 is 16.8 Å². The van der Waals surface area contributed by atoms with Gasteiger partial charge in [0.25, 0.3) is 5.91 Å². The molecule has 0 saturated heterocycles. The van der Waals surface area contributed by atoms with Crippen LogP contribution in [0.3, 0.4) is 0 Å². The molecule has 112 valence electrons. The van der Waals surface area contributed by atoms with Crippen molar-refractivity contribution in [2.24, 2.45) is 5.73 Å². The average molecular weight is 294 g/mol. The van der Waals surface area contributed by atoms with E-state index in [4.69, 9.17) is 10.5 Å². The molecule has 0 amide bonds. The Bertz CT molecular complexity index is 778. The van der Waals surface area contributed by atoms with Crippen molar-refractivity contribution in [2.75, 3.05) is 13.2 Å². The van der Waals surface area contributed by atoms with Gasteiger partial charge in [-0.3, -0.25) is 9.36 Å². The molecule has 0 radical (unpaired) electrons. The molecule has 0 aliphatic heterocycles. The van der Waals surface area contributed by atoms with Crippen LogP contribution in [0, 0.1) is 0 Å². The first kappa shape index (κ1) is 14.4. The maximum absolute atomic E-state index is 12.5. The Morgan fingerprint density at radius 3 is 2.55 bits per heavy atom. The minimum atomic E-state index is -0.0941. The minimum absolute atomic E-state index is 0.00471. The molecular formula is C18H18N2O2. The SMILES string of the molecule is NCCc1cn(C(=O)COc2ccccc2)c2ccccc12. The van der Waals surface area contributed by atoms with Crippen molar-refractivity contribution in [1.29, 1.82) is 0 Å². The Kier molecular flexibility index (Phi) is 4.21. The highest BCUT2D eigenvalue weighted by molar-refractivity contribution is 5.95. The Labute approximate surface area is 129 Å². The predicted octanol–water partition coefficient (Wildman–Crippen LogP) is 2.86. The van der Waals surface area contributed by atoms with Crippen molar-refractivity contribution in [3.63, 3.8) is 0 Å². The number of aromatic nitrogens is 1. The summed E-state index contributed by atoms with van der Waals surface area (Å²) in [5, 5.41) is 1.07. The van der Waals surface area contributed by atoms with Gasteiger partial charge in [0.1, 0.15) is 5.75 Å². The third kappa shape index (κ3) is 2.87. The lowest BCUT2D eigenvalue weighted by Gasteiger charge is -2.06. The fourth-order valence-corrected chi connectivity index (χ4v) is 2.54. The number of hydrogen-bond acceptors (Lipinski definition) is 3. The van der Waals surface area contributed by atoms with Gasteiger partial charge in [0.15, 0.2) is 6.61 Å². The van der Waals surface area contributed by atoms with E-state index in [0.29, 0.717) is 12.3 Å². The van der Waals surface area contributed by atoms with Gasteiger partial charge < -0.3 is 10.5 Å². The molecule has 2 N–H and O–H groups in total. The van der Waals surface area contributed by atoms with E-state index in [9.17, 15) is 4.79 Å². The van der Waals surface area contributed by atoms with Gasteiger partial charge in [-0.05, 0) is 36.7 Å². The Hall–Kier alpha value is -2.59. The normalized spacial score (nSPS) is 10.8. The molecule has 4 heteroatoms. The standard InChI is InChI=1S/C18H18N2O2/c19-11-10-14-12-20(17-9-5-4-8-16(14)17)18(21)13-22-15-6-2-1-3-7-15/h1-9,12H,10-11,13,19H2. The second kappa shape index (κ2) is 6.45. The summed E-state index contributed by atoms with van der Waals surface area (Å²) >= 11 is 0. The molecule has 3 aromatic rings. The van der Waals surface area contributed by atoms with Crippen molar-refractivity contribution in [3.05, 3.63) is 66.4 Å². The van der Waals surface area contributed by atoms with Crippen LogP contribution >= 0.6 is 0 Å². The monoisotopic (exact) mass is 294 g/mol. The Morgan fingerprint density at radius 1 is 1.05 bits per heavy atom. The number of carbonyl (C=O) groups is 1. The maximum atomic E-state index is 12.5. The molecule has 0 spiro atoms. The number of rotatable bonds is 5. The second-order valence-electron chi connectivity index (χ2n) is 5.08. The third-order valence-corrected chi connectivity index (χ3v) is 3.58. The number of nitrogens with two attached hydrogens (primary N) is 1. The van der Waals surface area contributed by atoms with Gasteiger partial charge in [-0.1, -0.05) is 36.4 Å². The van der Waals surface area contributed by atoms with E-state index in [1.54, 1.807) is 4.57 Å². The zero-order chi connectivity index (χ0) is 15.4. The van der Waals surface area contributed by atoms with E-state index in [2.05, 4.69) is 0 Å². The predicted molar refractivity (Wildman–Crippen MR) is 87.3 cm³/mol. The number of para-hydroxylation sites is 2. The first-order valence-corrected chi connectivity index (χ1v) is 7.29. The molecule has 0 aliphatic rings. The smallest absolute Gasteiger partial charge is 0.268 e. The Balaban J connectivity index is 1.84. The van der Waals surface area contributed by atoms with Crippen LogP contribution < -0.4 is 10.5 Å². The number of fused-ring (bicyclic) bond motifs is 1. The van der Waals surface area contributed by atoms with Gasteiger partial charge in [-0.15, -0.1) is 0 Å². The summed E-state index contributed by atoms with van der Waals surface area (Å²) in [5.74, 6) is 0.595. The largest absolute Gasteiger partial charge is 0.484 e. The molecule has 1 heterocycles. The molecule has 0 fully saturated rings. The second-order valence-corrected chi connectivity index (χ2v) is 5.08. The molecule has 1 aromatic heterocycles. The van der Waals surface area contributed by atoms with Crippen LogP contribution in [-0.2, 0) is 6.42 Å². The zero-order valence-corrected chi connectivity index (χ0v) is 12.2. The fourth-order valence-electron chi connectivity index (χ4n) is 2.54. The summed E-state index contributed by atoms with van der Waals surface area (Å²) in [5.41, 5.74) is 7.64. The third-order valence-electron chi connectivity index (χ3n) is 3.58. The number of ether oxygens (including phenoxy) is 1. The van der Waals surface area contributed by atoms with Crippen molar-refractivity contribution in [1.82, 2.24) is 4.57 Å². The van der Waals surface area contributed by atoms with Crippen LogP contribution in [0.4, 0.5) is 0 Å². The minimum Gasteiger partial charge on any atom is -0.484 e. The van der Waals surface area contributed by atoms with Crippen LogP contribution in [0.25, 0.3) is 10.9 Å². The molecule has 0 unspecified atom stereocenters. The number of hydrogen-bond donors (Lipinski definition) is 1. The average Bonchev–Trinajstić information content (AvgIpc) is 2.93. The molecule has 0 saturated carbocycles. The summed E-state index contributed by atoms with van der Waals surface area (Å²) in [7, 11) is 0. The summed E-state index contributed by atoms with van der Waals surface area (Å²) < 4.78 is 7.20.